The van der Waals surface area contributed by atoms with E-state index in [0.717, 1.165) is 0 Å². The van der Waals surface area contributed by atoms with E-state index in [1.807, 2.05) is 0 Å². The second-order valence-electron chi connectivity index (χ2n) is 2.24. The van der Waals surface area contributed by atoms with Crippen LogP contribution in [0.2, 0.25) is 0 Å². The van der Waals surface area contributed by atoms with Gasteiger partial charge in [0, 0.05) is 0 Å². The van der Waals surface area contributed by atoms with Crippen molar-refractivity contribution in [3.05, 3.63) is 24.3 Å². The van der Waals surface area contributed by atoms with Crippen molar-refractivity contribution in [3.63, 3.8) is 0 Å². The highest BCUT2D eigenvalue weighted by atomic mass is 19.1. The summed E-state index contributed by atoms with van der Waals surface area (Å²) in [7, 11) is 0. The van der Waals surface area contributed by atoms with Crippen LogP contribution in [0.3, 0.4) is 0 Å². The number of carbonyl (C=O) groups excluding carboxylic acids is 1. The van der Waals surface area contributed by atoms with Gasteiger partial charge >= 0.3 is 6.16 Å². The molecule has 0 aliphatic heterocycles. The number of aromatic nitrogens is 3. The fourth-order valence-corrected chi connectivity index (χ4v) is 0.999. The number of para-hydroxylation sites is 1. The molecule has 0 aliphatic carbocycles. The largest absolute Gasteiger partial charge is 0.426 e. The molecule has 0 amide bonds. The molecule has 2 rings (SSSR count). The molecular formula is C7H4FN3O. The van der Waals surface area contributed by atoms with Crippen LogP contribution in [-0.4, -0.2) is 21.2 Å². The van der Waals surface area contributed by atoms with E-state index in [0.29, 0.717) is 15.7 Å². The summed E-state index contributed by atoms with van der Waals surface area (Å²) >= 11 is 0. The number of fused-ring (bicyclic) bond motifs is 1. The molecule has 1 aromatic heterocycles. The van der Waals surface area contributed by atoms with Gasteiger partial charge in [-0.25, -0.2) is 4.79 Å². The highest BCUT2D eigenvalue weighted by Crippen LogP contribution is 2.09. The fourth-order valence-electron chi connectivity index (χ4n) is 0.999. The monoisotopic (exact) mass is 165 g/mol. The maximum Gasteiger partial charge on any atom is 0.426 e. The normalized spacial score (nSPS) is 10.4. The fraction of sp³-hybridized carbons (Fsp3) is 0. The smallest absolute Gasteiger partial charge is 0.232 e. The van der Waals surface area contributed by atoms with Crippen molar-refractivity contribution in [1.29, 1.82) is 0 Å². The van der Waals surface area contributed by atoms with E-state index >= 15 is 0 Å². The zero-order chi connectivity index (χ0) is 8.55. The third kappa shape index (κ3) is 0.868. The van der Waals surface area contributed by atoms with E-state index in [1.165, 1.54) is 0 Å². The summed E-state index contributed by atoms with van der Waals surface area (Å²) in [6, 6.07) is 6.66. The quantitative estimate of drug-likeness (QED) is 0.554. The number of halogens is 1. The third-order valence-electron chi connectivity index (χ3n) is 1.52. The summed E-state index contributed by atoms with van der Waals surface area (Å²) in [4.78, 5) is 10.3. The van der Waals surface area contributed by atoms with Gasteiger partial charge in [0.1, 0.15) is 11.0 Å². The van der Waals surface area contributed by atoms with Gasteiger partial charge in [-0.1, -0.05) is 17.3 Å². The van der Waals surface area contributed by atoms with Crippen LogP contribution in [0.15, 0.2) is 24.3 Å². The van der Waals surface area contributed by atoms with E-state index in [4.69, 9.17) is 0 Å². The second kappa shape index (κ2) is 2.37. The van der Waals surface area contributed by atoms with Crippen LogP contribution in [-0.2, 0) is 0 Å². The molecule has 0 aliphatic rings. The van der Waals surface area contributed by atoms with Gasteiger partial charge in [-0.2, -0.15) is 4.68 Å². The van der Waals surface area contributed by atoms with Crippen molar-refractivity contribution in [2.75, 3.05) is 0 Å². The van der Waals surface area contributed by atoms with Gasteiger partial charge in [-0.05, 0) is 12.1 Å². The molecule has 5 heteroatoms. The minimum Gasteiger partial charge on any atom is -0.232 e. The topological polar surface area (TPSA) is 47.8 Å². The number of benzene rings is 1. The Bertz CT molecular complexity index is 437. The molecule has 2 aromatic rings. The summed E-state index contributed by atoms with van der Waals surface area (Å²) in [6.45, 7) is 0. The molecule has 4 nitrogen and oxygen atoms in total. The number of hydrogen-bond donors (Lipinski definition) is 0. The molecule has 0 unspecified atom stereocenters. The van der Waals surface area contributed by atoms with Crippen LogP contribution in [0.1, 0.15) is 0 Å². The zero-order valence-electron chi connectivity index (χ0n) is 5.94. The molecule has 0 fully saturated rings. The number of nitrogens with zero attached hydrogens (tertiary/aromatic N) is 3. The molecule has 0 atom stereocenters. The van der Waals surface area contributed by atoms with Crippen molar-refractivity contribution in [3.8, 4) is 0 Å². The van der Waals surface area contributed by atoms with Gasteiger partial charge in [0.05, 0.1) is 0 Å². The lowest BCUT2D eigenvalue weighted by Gasteiger charge is -1.89. The van der Waals surface area contributed by atoms with E-state index in [2.05, 4.69) is 10.3 Å². The van der Waals surface area contributed by atoms with Crippen LogP contribution in [0.5, 0.6) is 0 Å². The lowest BCUT2D eigenvalue weighted by molar-refractivity contribution is 0.220. The molecule has 0 spiro atoms. The Labute approximate surface area is 66.6 Å². The van der Waals surface area contributed by atoms with E-state index < -0.39 is 6.16 Å². The lowest BCUT2D eigenvalue weighted by atomic mass is 10.3. The van der Waals surface area contributed by atoms with E-state index in [9.17, 15) is 9.18 Å². The van der Waals surface area contributed by atoms with Crippen LogP contribution in [0, 0.1) is 0 Å². The average molecular weight is 165 g/mol. The first-order chi connectivity index (χ1) is 5.79. The predicted octanol–water partition coefficient (Wildman–Crippen LogP) is 1.37. The average Bonchev–Trinajstić information content (AvgIpc) is 2.47. The van der Waals surface area contributed by atoms with Crippen molar-refractivity contribution >= 4 is 17.2 Å². The van der Waals surface area contributed by atoms with Crippen molar-refractivity contribution in [2.45, 2.75) is 0 Å². The Morgan fingerprint density at radius 1 is 1.42 bits per heavy atom. The minimum absolute atomic E-state index is 0.380. The molecule has 60 valence electrons. The van der Waals surface area contributed by atoms with Gasteiger partial charge in [-0.3, -0.25) is 0 Å². The van der Waals surface area contributed by atoms with Crippen LogP contribution < -0.4 is 0 Å². The Balaban J connectivity index is 2.79. The van der Waals surface area contributed by atoms with Crippen molar-refractivity contribution in [2.24, 2.45) is 0 Å². The molecule has 1 heterocycles. The first-order valence-corrected chi connectivity index (χ1v) is 3.29. The van der Waals surface area contributed by atoms with Crippen molar-refractivity contribution in [1.82, 2.24) is 15.0 Å². The minimum atomic E-state index is -1.62. The van der Waals surface area contributed by atoms with E-state index in [1.54, 1.807) is 24.3 Å². The maximum absolute atomic E-state index is 12.2. The SMILES string of the molecule is O=C(F)n1nnc2ccccc21. The molecule has 0 bridgehead atoms. The number of carbonyl (C=O) groups is 1. The van der Waals surface area contributed by atoms with Crippen molar-refractivity contribution < 1.29 is 9.18 Å². The van der Waals surface area contributed by atoms with Gasteiger partial charge in [-0.15, -0.1) is 9.49 Å². The maximum atomic E-state index is 12.2. The molecule has 0 saturated carbocycles. The second-order valence-corrected chi connectivity index (χ2v) is 2.24. The number of rotatable bonds is 0. The van der Waals surface area contributed by atoms with Crippen LogP contribution in [0.25, 0.3) is 11.0 Å². The molecule has 0 radical (unpaired) electrons. The van der Waals surface area contributed by atoms with Gasteiger partial charge in [0.15, 0.2) is 0 Å². The Morgan fingerprint density at radius 2 is 2.17 bits per heavy atom. The van der Waals surface area contributed by atoms with Gasteiger partial charge in [0.25, 0.3) is 0 Å². The Morgan fingerprint density at radius 3 is 2.92 bits per heavy atom. The van der Waals surface area contributed by atoms with E-state index in [-0.39, 0.29) is 0 Å². The molecule has 1 aromatic carbocycles. The lowest BCUT2D eigenvalue weighted by Crippen LogP contribution is -2.04. The summed E-state index contributed by atoms with van der Waals surface area (Å²) < 4.78 is 12.8. The van der Waals surface area contributed by atoms with Crippen LogP contribution in [0.4, 0.5) is 9.18 Å². The van der Waals surface area contributed by atoms with Gasteiger partial charge in [0.2, 0.25) is 0 Å². The van der Waals surface area contributed by atoms with Gasteiger partial charge < -0.3 is 0 Å². The molecule has 12 heavy (non-hydrogen) atoms. The van der Waals surface area contributed by atoms with Crippen LogP contribution >= 0.6 is 0 Å². The summed E-state index contributed by atoms with van der Waals surface area (Å²) in [5, 5.41) is 6.93. The summed E-state index contributed by atoms with van der Waals surface area (Å²) in [5.74, 6) is 0. The highest BCUT2D eigenvalue weighted by Gasteiger charge is 2.08. The first kappa shape index (κ1) is 6.90. The Hall–Kier alpha value is -1.78. The standard InChI is InChI=1S/C7H4FN3O/c8-7(12)11-6-4-2-1-3-5(6)9-10-11/h1-4H. The molecule has 0 saturated heterocycles. The molecular weight excluding hydrogens is 161 g/mol. The number of hydrogen-bond acceptors (Lipinski definition) is 3. The summed E-state index contributed by atoms with van der Waals surface area (Å²) in [5.41, 5.74) is 0.883. The zero-order valence-corrected chi connectivity index (χ0v) is 5.94. The highest BCUT2D eigenvalue weighted by molar-refractivity contribution is 5.84. The summed E-state index contributed by atoms with van der Waals surface area (Å²) in [6.07, 6.45) is -1.62. The Kier molecular flexibility index (Phi) is 1.36. The predicted molar refractivity (Wildman–Crippen MR) is 39.4 cm³/mol. The third-order valence-corrected chi connectivity index (χ3v) is 1.52. The molecule has 0 N–H and O–H groups in total. The first-order valence-electron chi connectivity index (χ1n) is 3.29.